The highest BCUT2D eigenvalue weighted by Crippen LogP contribution is 2.35. The fraction of sp³-hybridized carbons (Fsp3) is 0.333. The lowest BCUT2D eigenvalue weighted by Crippen LogP contribution is -2.17. The van der Waals surface area contributed by atoms with E-state index in [4.69, 9.17) is 0 Å². The SMILES string of the molecule is O=C[C@H]1CC[C@H](c2cc3cc(NC(=O)c4cccc(C(F)(F)F)n4)ccn3n2)CC1. The van der Waals surface area contributed by atoms with E-state index in [1.165, 1.54) is 6.07 Å². The third-order valence-electron chi connectivity index (χ3n) is 5.39. The lowest BCUT2D eigenvalue weighted by Gasteiger charge is -2.23. The number of carbonyl (C=O) groups is 2. The van der Waals surface area contributed by atoms with Crippen LogP contribution >= 0.6 is 0 Å². The van der Waals surface area contributed by atoms with E-state index in [1.807, 2.05) is 6.07 Å². The maximum absolute atomic E-state index is 12.8. The number of rotatable bonds is 4. The normalized spacial score (nSPS) is 19.6. The molecule has 3 aromatic rings. The van der Waals surface area contributed by atoms with Crippen molar-refractivity contribution >= 4 is 23.4 Å². The average Bonchev–Trinajstić information content (AvgIpc) is 3.16. The van der Waals surface area contributed by atoms with Crippen LogP contribution in [0.1, 0.15) is 53.5 Å². The summed E-state index contributed by atoms with van der Waals surface area (Å²) in [5, 5.41) is 7.17. The van der Waals surface area contributed by atoms with Gasteiger partial charge in [0, 0.05) is 23.7 Å². The molecule has 3 aromatic heterocycles. The van der Waals surface area contributed by atoms with Crippen molar-refractivity contribution in [2.24, 2.45) is 5.92 Å². The molecule has 0 aromatic carbocycles. The van der Waals surface area contributed by atoms with Crippen LogP contribution in [0.2, 0.25) is 0 Å². The van der Waals surface area contributed by atoms with E-state index < -0.39 is 17.8 Å². The number of aromatic nitrogens is 3. The minimum atomic E-state index is -4.62. The summed E-state index contributed by atoms with van der Waals surface area (Å²) in [6, 6.07) is 8.47. The minimum Gasteiger partial charge on any atom is -0.321 e. The first-order chi connectivity index (χ1) is 14.3. The number of amides is 1. The molecule has 0 unspecified atom stereocenters. The van der Waals surface area contributed by atoms with E-state index in [9.17, 15) is 22.8 Å². The summed E-state index contributed by atoms with van der Waals surface area (Å²) in [5.41, 5.74) is 0.698. The Kier molecular flexibility index (Phi) is 5.27. The van der Waals surface area contributed by atoms with Gasteiger partial charge in [-0.05, 0) is 56.0 Å². The number of pyridine rings is 2. The van der Waals surface area contributed by atoms with Crippen LogP contribution in [0.15, 0.2) is 42.6 Å². The van der Waals surface area contributed by atoms with Crippen molar-refractivity contribution in [3.63, 3.8) is 0 Å². The van der Waals surface area contributed by atoms with Crippen molar-refractivity contribution < 1.29 is 22.8 Å². The molecule has 4 rings (SSSR count). The smallest absolute Gasteiger partial charge is 0.321 e. The van der Waals surface area contributed by atoms with Crippen LogP contribution in [0.25, 0.3) is 5.52 Å². The molecule has 3 heterocycles. The number of carbonyl (C=O) groups excluding carboxylic acids is 2. The molecule has 1 fully saturated rings. The Hall–Kier alpha value is -3.23. The maximum Gasteiger partial charge on any atom is 0.433 e. The van der Waals surface area contributed by atoms with Crippen molar-refractivity contribution in [2.75, 3.05) is 5.32 Å². The summed E-state index contributed by atoms with van der Waals surface area (Å²) >= 11 is 0. The molecule has 1 aliphatic carbocycles. The molecule has 0 bridgehead atoms. The molecule has 9 heteroatoms. The second-order valence-corrected chi connectivity index (χ2v) is 7.46. The Balaban J connectivity index is 1.50. The van der Waals surface area contributed by atoms with Gasteiger partial charge in [-0.25, -0.2) is 9.50 Å². The highest BCUT2D eigenvalue weighted by Gasteiger charge is 2.33. The average molecular weight is 416 g/mol. The summed E-state index contributed by atoms with van der Waals surface area (Å²) in [4.78, 5) is 26.7. The van der Waals surface area contributed by atoms with Gasteiger partial charge >= 0.3 is 6.18 Å². The van der Waals surface area contributed by atoms with E-state index in [1.54, 1.807) is 22.8 Å². The largest absolute Gasteiger partial charge is 0.433 e. The third-order valence-corrected chi connectivity index (χ3v) is 5.39. The van der Waals surface area contributed by atoms with Crippen LogP contribution in [0.4, 0.5) is 18.9 Å². The van der Waals surface area contributed by atoms with Gasteiger partial charge in [0.25, 0.3) is 5.91 Å². The molecular formula is C21H19F3N4O2. The number of nitrogens with one attached hydrogen (secondary N) is 1. The number of hydrogen-bond acceptors (Lipinski definition) is 4. The molecule has 0 saturated heterocycles. The first-order valence-electron chi connectivity index (χ1n) is 9.64. The minimum absolute atomic E-state index is 0.129. The molecule has 30 heavy (non-hydrogen) atoms. The summed E-state index contributed by atoms with van der Waals surface area (Å²) in [7, 11) is 0. The number of hydrogen-bond donors (Lipinski definition) is 1. The molecule has 6 nitrogen and oxygen atoms in total. The zero-order chi connectivity index (χ0) is 21.3. The number of halogens is 3. The van der Waals surface area contributed by atoms with Crippen molar-refractivity contribution in [3.05, 3.63) is 59.7 Å². The van der Waals surface area contributed by atoms with Gasteiger partial charge < -0.3 is 10.1 Å². The molecule has 156 valence electrons. The lowest BCUT2D eigenvalue weighted by molar-refractivity contribution is -0.141. The van der Waals surface area contributed by atoms with E-state index in [0.717, 1.165) is 55.3 Å². The van der Waals surface area contributed by atoms with E-state index in [2.05, 4.69) is 15.4 Å². The highest BCUT2D eigenvalue weighted by molar-refractivity contribution is 6.03. The number of alkyl halides is 3. The summed E-state index contributed by atoms with van der Waals surface area (Å²) in [6.45, 7) is 0. The van der Waals surface area contributed by atoms with E-state index in [0.29, 0.717) is 5.69 Å². The number of fused-ring (bicyclic) bond motifs is 1. The molecule has 0 atom stereocenters. The Labute approximate surface area is 170 Å². The first-order valence-corrected chi connectivity index (χ1v) is 9.64. The van der Waals surface area contributed by atoms with Crippen molar-refractivity contribution in [1.82, 2.24) is 14.6 Å². The monoisotopic (exact) mass is 416 g/mol. The maximum atomic E-state index is 12.8. The predicted octanol–water partition coefficient (Wildman–Crippen LogP) is 4.47. The molecular weight excluding hydrogens is 397 g/mol. The molecule has 1 amide bonds. The quantitative estimate of drug-likeness (QED) is 0.637. The molecule has 1 saturated carbocycles. The zero-order valence-corrected chi connectivity index (χ0v) is 15.9. The second-order valence-electron chi connectivity index (χ2n) is 7.46. The van der Waals surface area contributed by atoms with Gasteiger partial charge in [-0.3, -0.25) is 4.79 Å². The fourth-order valence-electron chi connectivity index (χ4n) is 3.76. The summed E-state index contributed by atoms with van der Waals surface area (Å²) in [6.07, 6.45) is 1.60. The summed E-state index contributed by atoms with van der Waals surface area (Å²) in [5.74, 6) is -0.310. The summed E-state index contributed by atoms with van der Waals surface area (Å²) < 4.78 is 40.1. The van der Waals surface area contributed by atoms with Crippen LogP contribution in [0, 0.1) is 5.92 Å². The Morgan fingerprint density at radius 1 is 1.13 bits per heavy atom. The topological polar surface area (TPSA) is 76.4 Å². The van der Waals surface area contributed by atoms with Crippen molar-refractivity contribution in [1.29, 1.82) is 0 Å². The molecule has 0 aliphatic heterocycles. The van der Waals surface area contributed by atoms with Crippen LogP contribution in [-0.2, 0) is 11.0 Å². The van der Waals surface area contributed by atoms with Crippen LogP contribution < -0.4 is 5.32 Å². The van der Waals surface area contributed by atoms with Gasteiger partial charge in [-0.2, -0.15) is 18.3 Å². The van der Waals surface area contributed by atoms with Crippen LogP contribution in [-0.4, -0.2) is 26.8 Å². The Morgan fingerprint density at radius 3 is 2.60 bits per heavy atom. The first kappa shape index (κ1) is 20.1. The predicted molar refractivity (Wildman–Crippen MR) is 103 cm³/mol. The number of anilines is 1. The lowest BCUT2D eigenvalue weighted by atomic mass is 9.81. The number of aldehydes is 1. The van der Waals surface area contributed by atoms with Gasteiger partial charge in [-0.1, -0.05) is 6.07 Å². The standard InChI is InChI=1S/C21H19F3N4O2/c22-21(23,24)19-3-1-2-17(26-19)20(30)25-15-8-9-28-16(10-15)11-18(27-28)14-6-4-13(12-29)5-7-14/h1-3,8-14H,4-7H2,(H,25,30)/t13-,14-. The third kappa shape index (κ3) is 4.19. The molecule has 1 aliphatic rings. The van der Waals surface area contributed by atoms with Crippen LogP contribution in [0.3, 0.4) is 0 Å². The van der Waals surface area contributed by atoms with Crippen LogP contribution in [0.5, 0.6) is 0 Å². The molecule has 0 radical (unpaired) electrons. The Morgan fingerprint density at radius 2 is 1.90 bits per heavy atom. The van der Waals surface area contributed by atoms with E-state index in [-0.39, 0.29) is 17.5 Å². The van der Waals surface area contributed by atoms with Gasteiger partial charge in [0.2, 0.25) is 0 Å². The van der Waals surface area contributed by atoms with Gasteiger partial charge in [0.05, 0.1) is 11.2 Å². The van der Waals surface area contributed by atoms with Gasteiger partial charge in [-0.15, -0.1) is 0 Å². The van der Waals surface area contributed by atoms with E-state index >= 15 is 0 Å². The van der Waals surface area contributed by atoms with Crippen molar-refractivity contribution in [3.8, 4) is 0 Å². The van der Waals surface area contributed by atoms with Gasteiger partial charge in [0.1, 0.15) is 17.7 Å². The Bertz CT molecular complexity index is 1090. The second kappa shape index (κ2) is 7.89. The van der Waals surface area contributed by atoms with Gasteiger partial charge in [0.15, 0.2) is 0 Å². The highest BCUT2D eigenvalue weighted by atomic mass is 19.4. The number of nitrogens with zero attached hydrogens (tertiary/aromatic N) is 3. The molecule has 1 N–H and O–H groups in total. The zero-order valence-electron chi connectivity index (χ0n) is 15.9. The fourth-order valence-corrected chi connectivity index (χ4v) is 3.76. The molecule has 0 spiro atoms. The van der Waals surface area contributed by atoms with Crippen molar-refractivity contribution in [2.45, 2.75) is 37.8 Å².